The van der Waals surface area contributed by atoms with Gasteiger partial charge >= 0.3 is 5.97 Å². The second-order valence-corrected chi connectivity index (χ2v) is 4.09. The van der Waals surface area contributed by atoms with Gasteiger partial charge in [-0.3, -0.25) is 9.59 Å². The Morgan fingerprint density at radius 1 is 1.53 bits per heavy atom. The number of primary amides is 1. The van der Waals surface area contributed by atoms with Crippen molar-refractivity contribution in [2.75, 3.05) is 11.5 Å². The molecule has 0 aliphatic heterocycles. The van der Waals surface area contributed by atoms with Crippen LogP contribution in [0, 0.1) is 5.92 Å². The highest BCUT2D eigenvalue weighted by Gasteiger charge is 2.17. The fourth-order valence-electron chi connectivity index (χ4n) is 0.718. The molecule has 0 bridgehead atoms. The molecule has 0 fully saturated rings. The number of aliphatic carboxylic acids is 1. The molecule has 0 aliphatic rings. The highest BCUT2D eigenvalue weighted by atomic mass is 32.2. The second kappa shape index (κ2) is 7.10. The Kier molecular flexibility index (Phi) is 6.52. The van der Waals surface area contributed by atoms with Crippen LogP contribution in [0.15, 0.2) is 0 Å². The van der Waals surface area contributed by atoms with Gasteiger partial charge < -0.3 is 16.2 Å². The van der Waals surface area contributed by atoms with Crippen LogP contribution in [0.2, 0.25) is 0 Å². The van der Waals surface area contributed by atoms with E-state index in [1.54, 1.807) is 6.92 Å². The van der Waals surface area contributed by atoms with Crippen LogP contribution in [0.25, 0.3) is 0 Å². The number of hydrogen-bond acceptors (Lipinski definition) is 4. The predicted octanol–water partition coefficient (Wildman–Crippen LogP) is -0.960. The van der Waals surface area contributed by atoms with Crippen molar-refractivity contribution in [3.63, 3.8) is 0 Å². The lowest BCUT2D eigenvalue weighted by atomic mass is 10.2. The molecule has 0 spiro atoms. The van der Waals surface area contributed by atoms with Crippen LogP contribution in [-0.2, 0) is 14.4 Å². The standard InChI is InChI=1S/C8H14N2O4S/c1-5(7(9)12)2-15-3-6(8(13)14)10-4-11/h4-6H,2-3H2,1H3,(H2,9,12)(H,10,11)(H,13,14). The molecule has 4 N–H and O–H groups in total. The fraction of sp³-hybridized carbons (Fsp3) is 0.625. The lowest BCUT2D eigenvalue weighted by Gasteiger charge is -2.11. The van der Waals surface area contributed by atoms with Crippen LogP contribution in [0.5, 0.6) is 0 Å². The molecule has 0 aliphatic carbocycles. The summed E-state index contributed by atoms with van der Waals surface area (Å²) in [6, 6.07) is -0.924. The largest absolute Gasteiger partial charge is 0.480 e. The zero-order valence-electron chi connectivity index (χ0n) is 8.30. The van der Waals surface area contributed by atoms with Crippen LogP contribution >= 0.6 is 11.8 Å². The number of carboxylic acids is 1. The summed E-state index contributed by atoms with van der Waals surface area (Å²) in [7, 11) is 0. The van der Waals surface area contributed by atoms with Crippen LogP contribution in [0.4, 0.5) is 0 Å². The van der Waals surface area contributed by atoms with Gasteiger partial charge in [0, 0.05) is 17.4 Å². The van der Waals surface area contributed by atoms with Gasteiger partial charge in [-0.2, -0.15) is 11.8 Å². The van der Waals surface area contributed by atoms with E-state index in [2.05, 4.69) is 5.32 Å². The Hall–Kier alpha value is -1.24. The van der Waals surface area contributed by atoms with Crippen LogP contribution in [-0.4, -0.2) is 40.9 Å². The Balaban J connectivity index is 3.85. The maximum atomic E-state index is 10.7. The molecule has 2 unspecified atom stereocenters. The smallest absolute Gasteiger partial charge is 0.327 e. The van der Waals surface area contributed by atoms with Crippen molar-refractivity contribution in [1.29, 1.82) is 0 Å². The minimum Gasteiger partial charge on any atom is -0.480 e. The fourth-order valence-corrected chi connectivity index (χ4v) is 1.85. The van der Waals surface area contributed by atoms with E-state index < -0.39 is 17.9 Å². The number of carbonyl (C=O) groups is 3. The third-order valence-corrected chi connectivity index (χ3v) is 3.01. The van der Waals surface area contributed by atoms with Crippen LogP contribution in [0.1, 0.15) is 6.92 Å². The predicted molar refractivity (Wildman–Crippen MR) is 56.3 cm³/mol. The molecule has 15 heavy (non-hydrogen) atoms. The first-order valence-electron chi connectivity index (χ1n) is 4.28. The molecule has 2 amide bonds. The lowest BCUT2D eigenvalue weighted by Crippen LogP contribution is -2.38. The molecule has 0 saturated carbocycles. The van der Waals surface area contributed by atoms with Gasteiger partial charge in [0.05, 0.1) is 0 Å². The molecule has 86 valence electrons. The molecule has 0 aromatic carbocycles. The van der Waals surface area contributed by atoms with Crippen molar-refractivity contribution in [1.82, 2.24) is 5.32 Å². The topological polar surface area (TPSA) is 109 Å². The molecule has 0 rings (SSSR count). The number of nitrogens with one attached hydrogen (secondary N) is 1. The van der Waals surface area contributed by atoms with Crippen molar-refractivity contribution < 1.29 is 19.5 Å². The van der Waals surface area contributed by atoms with Gasteiger partial charge in [-0.15, -0.1) is 0 Å². The van der Waals surface area contributed by atoms with Gasteiger partial charge in [0.2, 0.25) is 12.3 Å². The molecule has 7 heteroatoms. The Morgan fingerprint density at radius 3 is 2.53 bits per heavy atom. The van der Waals surface area contributed by atoms with Crippen molar-refractivity contribution in [3.8, 4) is 0 Å². The minimum atomic E-state index is -1.10. The van der Waals surface area contributed by atoms with Crippen molar-refractivity contribution in [2.45, 2.75) is 13.0 Å². The third-order valence-electron chi connectivity index (χ3n) is 1.71. The van der Waals surface area contributed by atoms with E-state index in [0.29, 0.717) is 12.2 Å². The highest BCUT2D eigenvalue weighted by molar-refractivity contribution is 7.99. The van der Waals surface area contributed by atoms with Gasteiger partial charge in [0.25, 0.3) is 0 Å². The van der Waals surface area contributed by atoms with E-state index in [-0.39, 0.29) is 11.7 Å². The number of carbonyl (C=O) groups excluding carboxylic acids is 2. The van der Waals surface area contributed by atoms with Gasteiger partial charge in [0.1, 0.15) is 6.04 Å². The molecular weight excluding hydrogens is 220 g/mol. The number of amides is 2. The maximum absolute atomic E-state index is 10.7. The molecule has 6 nitrogen and oxygen atoms in total. The van der Waals surface area contributed by atoms with Crippen LogP contribution in [0.3, 0.4) is 0 Å². The number of hydrogen-bond donors (Lipinski definition) is 3. The summed E-state index contributed by atoms with van der Waals surface area (Å²) in [5, 5.41) is 10.8. The summed E-state index contributed by atoms with van der Waals surface area (Å²) in [5.41, 5.74) is 5.03. The van der Waals surface area contributed by atoms with E-state index in [1.165, 1.54) is 11.8 Å². The van der Waals surface area contributed by atoms with E-state index in [0.717, 1.165) is 0 Å². The zero-order chi connectivity index (χ0) is 11.8. The summed E-state index contributed by atoms with van der Waals surface area (Å²) in [4.78, 5) is 31.3. The monoisotopic (exact) mass is 234 g/mol. The van der Waals surface area contributed by atoms with Gasteiger partial charge in [-0.05, 0) is 0 Å². The first-order valence-corrected chi connectivity index (χ1v) is 5.44. The molecule has 0 aromatic heterocycles. The molecular formula is C8H14N2O4S. The summed E-state index contributed by atoms with van der Waals surface area (Å²) in [6.07, 6.45) is 0.344. The van der Waals surface area contributed by atoms with E-state index in [1.807, 2.05) is 0 Å². The number of rotatable bonds is 8. The normalized spacial score (nSPS) is 13.9. The Bertz CT molecular complexity index is 247. The van der Waals surface area contributed by atoms with Crippen LogP contribution < -0.4 is 11.1 Å². The summed E-state index contributed by atoms with van der Waals surface area (Å²) in [6.45, 7) is 1.66. The summed E-state index contributed by atoms with van der Waals surface area (Å²) in [5.74, 6) is -1.16. The lowest BCUT2D eigenvalue weighted by molar-refractivity contribution is -0.139. The molecule has 2 atom stereocenters. The van der Waals surface area contributed by atoms with Crippen molar-refractivity contribution in [3.05, 3.63) is 0 Å². The molecule has 0 radical (unpaired) electrons. The second-order valence-electron chi connectivity index (χ2n) is 3.02. The van der Waals surface area contributed by atoms with Crippen molar-refractivity contribution in [2.24, 2.45) is 11.7 Å². The Labute approximate surface area is 91.6 Å². The number of nitrogens with two attached hydrogens (primary N) is 1. The SMILES string of the molecule is CC(CSCC(NC=O)C(=O)O)C(N)=O. The van der Waals surface area contributed by atoms with E-state index >= 15 is 0 Å². The highest BCUT2D eigenvalue weighted by Crippen LogP contribution is 2.09. The van der Waals surface area contributed by atoms with Gasteiger partial charge in [0.15, 0.2) is 0 Å². The number of thioether (sulfide) groups is 1. The molecule has 0 aromatic rings. The average molecular weight is 234 g/mol. The third kappa shape index (κ3) is 5.95. The first-order chi connectivity index (χ1) is 6.99. The van der Waals surface area contributed by atoms with Crippen molar-refractivity contribution >= 4 is 30.0 Å². The minimum absolute atomic E-state index is 0.214. The summed E-state index contributed by atoms with van der Waals surface area (Å²) < 4.78 is 0. The summed E-state index contributed by atoms with van der Waals surface area (Å²) >= 11 is 1.26. The van der Waals surface area contributed by atoms with Gasteiger partial charge in [-0.1, -0.05) is 6.92 Å². The number of carboxylic acid groups (broad SMARTS) is 1. The quantitative estimate of drug-likeness (QED) is 0.469. The van der Waals surface area contributed by atoms with E-state index in [4.69, 9.17) is 10.8 Å². The van der Waals surface area contributed by atoms with Gasteiger partial charge in [-0.25, -0.2) is 4.79 Å². The average Bonchev–Trinajstić information content (AvgIpc) is 2.15. The molecule has 0 saturated heterocycles. The zero-order valence-corrected chi connectivity index (χ0v) is 9.12. The maximum Gasteiger partial charge on any atom is 0.327 e. The molecule has 0 heterocycles. The van der Waals surface area contributed by atoms with E-state index in [9.17, 15) is 14.4 Å². The first kappa shape index (κ1) is 13.8. The Morgan fingerprint density at radius 2 is 2.13 bits per heavy atom.